The van der Waals surface area contributed by atoms with Crippen LogP contribution in [0.5, 0.6) is 0 Å². The van der Waals surface area contributed by atoms with Gasteiger partial charge in [0.1, 0.15) is 0 Å². The van der Waals surface area contributed by atoms with E-state index in [9.17, 15) is 4.79 Å². The first-order chi connectivity index (χ1) is 8.16. The predicted molar refractivity (Wildman–Crippen MR) is 66.7 cm³/mol. The maximum Gasteiger partial charge on any atom is 0.248 e. The van der Waals surface area contributed by atoms with Crippen molar-refractivity contribution >= 4 is 5.91 Å². The highest BCUT2D eigenvalue weighted by molar-refractivity contribution is 5.94. The average Bonchev–Trinajstić information content (AvgIpc) is 2.29. The Bertz CT molecular complexity index is 549. The molecular formula is C14H14N2O. The Balaban J connectivity index is 2.33. The van der Waals surface area contributed by atoms with Crippen molar-refractivity contribution in [3.63, 3.8) is 0 Å². The summed E-state index contributed by atoms with van der Waals surface area (Å²) in [5, 5.41) is 0. The maximum atomic E-state index is 11.3. The summed E-state index contributed by atoms with van der Waals surface area (Å²) in [6.45, 7) is 1.95. The third kappa shape index (κ3) is 2.69. The van der Waals surface area contributed by atoms with Gasteiger partial charge in [0.05, 0.1) is 0 Å². The van der Waals surface area contributed by atoms with Gasteiger partial charge >= 0.3 is 0 Å². The molecule has 1 heterocycles. The van der Waals surface area contributed by atoms with Gasteiger partial charge in [-0.1, -0.05) is 24.3 Å². The van der Waals surface area contributed by atoms with Gasteiger partial charge in [-0.25, -0.2) is 0 Å². The fraction of sp³-hybridized carbons (Fsp3) is 0.143. The standard InChI is InChI=1S/C14H14N2O/c1-10-5-4-7-12(16-10)9-11-6-2-3-8-13(11)14(15)17/h2-8H,9H2,1H3,(H2,15,17). The summed E-state index contributed by atoms with van der Waals surface area (Å²) in [5.74, 6) is -0.395. The van der Waals surface area contributed by atoms with Crippen LogP contribution in [0.1, 0.15) is 27.3 Å². The molecule has 0 aliphatic heterocycles. The first kappa shape index (κ1) is 11.3. The molecule has 0 fully saturated rings. The van der Waals surface area contributed by atoms with Crippen LogP contribution in [0.25, 0.3) is 0 Å². The molecule has 0 radical (unpaired) electrons. The lowest BCUT2D eigenvalue weighted by molar-refractivity contribution is 0.0999. The molecule has 86 valence electrons. The molecule has 3 nitrogen and oxygen atoms in total. The van der Waals surface area contributed by atoms with E-state index in [1.807, 2.05) is 43.3 Å². The van der Waals surface area contributed by atoms with Gasteiger partial charge in [-0.05, 0) is 30.7 Å². The number of aromatic nitrogens is 1. The maximum absolute atomic E-state index is 11.3. The molecule has 0 saturated carbocycles. The van der Waals surface area contributed by atoms with Crippen molar-refractivity contribution < 1.29 is 4.79 Å². The third-order valence-corrected chi connectivity index (χ3v) is 2.60. The van der Waals surface area contributed by atoms with E-state index < -0.39 is 5.91 Å². The van der Waals surface area contributed by atoms with Gasteiger partial charge in [0.15, 0.2) is 0 Å². The Morgan fingerprint density at radius 2 is 1.94 bits per heavy atom. The van der Waals surface area contributed by atoms with Crippen molar-refractivity contribution in [1.29, 1.82) is 0 Å². The van der Waals surface area contributed by atoms with E-state index in [-0.39, 0.29) is 0 Å². The number of hydrogen-bond donors (Lipinski definition) is 1. The topological polar surface area (TPSA) is 56.0 Å². The number of nitrogens with zero attached hydrogens (tertiary/aromatic N) is 1. The second kappa shape index (κ2) is 4.78. The summed E-state index contributed by atoms with van der Waals surface area (Å²) < 4.78 is 0. The van der Waals surface area contributed by atoms with Crippen LogP contribution in [0.15, 0.2) is 42.5 Å². The van der Waals surface area contributed by atoms with Crippen LogP contribution in [0.2, 0.25) is 0 Å². The minimum Gasteiger partial charge on any atom is -0.366 e. The molecule has 2 aromatic rings. The van der Waals surface area contributed by atoms with E-state index in [1.54, 1.807) is 6.07 Å². The lowest BCUT2D eigenvalue weighted by Gasteiger charge is -2.06. The van der Waals surface area contributed by atoms with Crippen molar-refractivity contribution in [3.8, 4) is 0 Å². The fourth-order valence-electron chi connectivity index (χ4n) is 1.81. The number of pyridine rings is 1. The zero-order chi connectivity index (χ0) is 12.3. The van der Waals surface area contributed by atoms with Gasteiger partial charge in [-0.2, -0.15) is 0 Å². The lowest BCUT2D eigenvalue weighted by atomic mass is 10.0. The average molecular weight is 226 g/mol. The van der Waals surface area contributed by atoms with Gasteiger partial charge in [0, 0.05) is 23.4 Å². The summed E-state index contributed by atoms with van der Waals surface area (Å²) in [6, 6.07) is 13.2. The molecule has 2 rings (SSSR count). The van der Waals surface area contributed by atoms with E-state index in [0.29, 0.717) is 12.0 Å². The van der Waals surface area contributed by atoms with Gasteiger partial charge in [-0.15, -0.1) is 0 Å². The Hall–Kier alpha value is -2.16. The number of nitrogens with two attached hydrogens (primary N) is 1. The van der Waals surface area contributed by atoms with E-state index in [4.69, 9.17) is 5.73 Å². The van der Waals surface area contributed by atoms with Crippen LogP contribution in [0.3, 0.4) is 0 Å². The quantitative estimate of drug-likeness (QED) is 0.871. The largest absolute Gasteiger partial charge is 0.366 e. The van der Waals surface area contributed by atoms with Crippen LogP contribution >= 0.6 is 0 Å². The number of carbonyl (C=O) groups excluding carboxylic acids is 1. The van der Waals surface area contributed by atoms with Crippen molar-refractivity contribution in [2.75, 3.05) is 0 Å². The van der Waals surface area contributed by atoms with E-state index >= 15 is 0 Å². The molecule has 0 aliphatic rings. The molecule has 0 aliphatic carbocycles. The van der Waals surface area contributed by atoms with Gasteiger partial charge < -0.3 is 5.73 Å². The van der Waals surface area contributed by atoms with Crippen LogP contribution in [0.4, 0.5) is 0 Å². The van der Waals surface area contributed by atoms with Gasteiger partial charge in [0.25, 0.3) is 0 Å². The number of primary amides is 1. The molecule has 0 unspecified atom stereocenters. The zero-order valence-electron chi connectivity index (χ0n) is 9.68. The SMILES string of the molecule is Cc1cccc(Cc2ccccc2C(N)=O)n1. The summed E-state index contributed by atoms with van der Waals surface area (Å²) in [7, 11) is 0. The highest BCUT2D eigenvalue weighted by Crippen LogP contribution is 2.13. The molecule has 17 heavy (non-hydrogen) atoms. The predicted octanol–water partition coefficient (Wildman–Crippen LogP) is 2.08. The Kier molecular flexibility index (Phi) is 3.19. The van der Waals surface area contributed by atoms with E-state index in [0.717, 1.165) is 17.0 Å². The second-order valence-corrected chi connectivity index (χ2v) is 3.97. The normalized spacial score (nSPS) is 10.2. The summed E-state index contributed by atoms with van der Waals surface area (Å²) in [4.78, 5) is 15.7. The molecule has 0 spiro atoms. The molecular weight excluding hydrogens is 212 g/mol. The van der Waals surface area contributed by atoms with E-state index in [2.05, 4.69) is 4.98 Å². The van der Waals surface area contributed by atoms with E-state index in [1.165, 1.54) is 0 Å². The van der Waals surface area contributed by atoms with Gasteiger partial charge in [-0.3, -0.25) is 9.78 Å². The van der Waals surface area contributed by atoms with Crippen LogP contribution in [-0.2, 0) is 6.42 Å². The Labute approximate surface area is 100 Å². The molecule has 0 saturated heterocycles. The van der Waals surface area contributed by atoms with Crippen molar-refractivity contribution in [1.82, 2.24) is 4.98 Å². The monoisotopic (exact) mass is 226 g/mol. The fourth-order valence-corrected chi connectivity index (χ4v) is 1.81. The lowest BCUT2D eigenvalue weighted by Crippen LogP contribution is -2.14. The molecule has 1 aromatic carbocycles. The molecule has 3 heteroatoms. The summed E-state index contributed by atoms with van der Waals surface area (Å²) in [6.07, 6.45) is 0.626. The zero-order valence-corrected chi connectivity index (χ0v) is 9.68. The number of carbonyl (C=O) groups is 1. The van der Waals surface area contributed by atoms with Crippen LogP contribution in [-0.4, -0.2) is 10.9 Å². The van der Waals surface area contributed by atoms with Gasteiger partial charge in [0.2, 0.25) is 5.91 Å². The molecule has 2 N–H and O–H groups in total. The van der Waals surface area contributed by atoms with Crippen molar-refractivity contribution in [2.45, 2.75) is 13.3 Å². The number of amides is 1. The Morgan fingerprint density at radius 1 is 1.18 bits per heavy atom. The van der Waals surface area contributed by atoms with Crippen molar-refractivity contribution in [3.05, 3.63) is 65.0 Å². The van der Waals surface area contributed by atoms with Crippen molar-refractivity contribution in [2.24, 2.45) is 5.73 Å². The first-order valence-electron chi connectivity index (χ1n) is 5.47. The van der Waals surface area contributed by atoms with Crippen LogP contribution < -0.4 is 5.73 Å². The second-order valence-electron chi connectivity index (χ2n) is 3.97. The summed E-state index contributed by atoms with van der Waals surface area (Å²) >= 11 is 0. The number of aryl methyl sites for hydroxylation is 1. The highest BCUT2D eigenvalue weighted by Gasteiger charge is 2.08. The minimum atomic E-state index is -0.395. The molecule has 0 atom stereocenters. The summed E-state index contributed by atoms with van der Waals surface area (Å²) in [5.41, 5.74) is 8.73. The third-order valence-electron chi connectivity index (χ3n) is 2.60. The Morgan fingerprint density at radius 3 is 2.65 bits per heavy atom. The first-order valence-corrected chi connectivity index (χ1v) is 5.47. The number of benzene rings is 1. The molecule has 1 aromatic heterocycles. The molecule has 0 bridgehead atoms. The number of hydrogen-bond acceptors (Lipinski definition) is 2. The highest BCUT2D eigenvalue weighted by atomic mass is 16.1. The van der Waals surface area contributed by atoms with Crippen LogP contribution in [0, 0.1) is 6.92 Å². The minimum absolute atomic E-state index is 0.395. The number of rotatable bonds is 3. The molecule has 1 amide bonds. The smallest absolute Gasteiger partial charge is 0.248 e.